The first-order chi connectivity index (χ1) is 11.3. The van der Waals surface area contributed by atoms with Crippen molar-refractivity contribution in [1.29, 1.82) is 5.26 Å². The molecule has 3 nitrogen and oxygen atoms in total. The van der Waals surface area contributed by atoms with Crippen LogP contribution in [0.1, 0.15) is 42.9 Å². The smallest absolute Gasteiger partial charge is 0.101 e. The number of aliphatic hydroxyl groups excluding tert-OH is 1. The molecule has 1 heterocycles. The SMILES string of the molecule is CC.N#Cc1c[nH]c2cc(C(CCO)c3ccccc3)ccc12. The van der Waals surface area contributed by atoms with Crippen molar-refractivity contribution in [3.63, 3.8) is 0 Å². The van der Waals surface area contributed by atoms with Crippen LogP contribution >= 0.6 is 0 Å². The maximum atomic E-state index is 9.36. The van der Waals surface area contributed by atoms with Crippen LogP contribution in [0.15, 0.2) is 54.7 Å². The van der Waals surface area contributed by atoms with Gasteiger partial charge in [0.25, 0.3) is 0 Å². The van der Waals surface area contributed by atoms with E-state index in [-0.39, 0.29) is 12.5 Å². The summed E-state index contributed by atoms with van der Waals surface area (Å²) < 4.78 is 0. The van der Waals surface area contributed by atoms with E-state index in [2.05, 4.69) is 29.3 Å². The number of aromatic nitrogens is 1. The molecule has 0 fully saturated rings. The maximum Gasteiger partial charge on any atom is 0.101 e. The molecule has 0 saturated heterocycles. The van der Waals surface area contributed by atoms with E-state index >= 15 is 0 Å². The van der Waals surface area contributed by atoms with Crippen LogP contribution in [-0.4, -0.2) is 16.7 Å². The molecule has 0 spiro atoms. The molecule has 0 aliphatic carbocycles. The third-order valence-electron chi connectivity index (χ3n) is 3.85. The Bertz CT molecular complexity index is 784. The van der Waals surface area contributed by atoms with Crippen LogP contribution in [-0.2, 0) is 0 Å². The molecule has 0 aliphatic rings. The molecule has 0 bridgehead atoms. The van der Waals surface area contributed by atoms with Crippen LogP contribution in [0, 0.1) is 11.3 Å². The number of nitriles is 1. The van der Waals surface area contributed by atoms with Gasteiger partial charge in [0.05, 0.1) is 5.56 Å². The molecule has 1 aromatic heterocycles. The molecule has 1 atom stereocenters. The quantitative estimate of drug-likeness (QED) is 0.741. The lowest BCUT2D eigenvalue weighted by Crippen LogP contribution is -2.03. The van der Waals surface area contributed by atoms with E-state index in [9.17, 15) is 5.11 Å². The standard InChI is InChI=1S/C18H16N2O.C2H6/c19-11-15-12-20-18-10-14(6-7-17(15)18)16(8-9-21)13-4-2-1-3-5-13;1-2/h1-7,10,12,16,20-21H,8-9H2;1-2H3. The van der Waals surface area contributed by atoms with Gasteiger partial charge in [0.1, 0.15) is 6.07 Å². The summed E-state index contributed by atoms with van der Waals surface area (Å²) in [5.74, 6) is 0.162. The molecule has 3 heteroatoms. The Hall–Kier alpha value is -2.57. The van der Waals surface area contributed by atoms with Crippen LogP contribution in [0.5, 0.6) is 0 Å². The Labute approximate surface area is 137 Å². The predicted molar refractivity (Wildman–Crippen MR) is 94.3 cm³/mol. The molecule has 1 unspecified atom stereocenters. The molecule has 2 N–H and O–H groups in total. The summed E-state index contributed by atoms with van der Waals surface area (Å²) in [5.41, 5.74) is 3.96. The van der Waals surface area contributed by atoms with Crippen molar-refractivity contribution < 1.29 is 5.11 Å². The van der Waals surface area contributed by atoms with Crippen LogP contribution in [0.3, 0.4) is 0 Å². The Morgan fingerprint density at radius 2 is 1.83 bits per heavy atom. The fourth-order valence-electron chi connectivity index (χ4n) is 2.79. The predicted octanol–water partition coefficient (Wildman–Crippen LogP) is 4.58. The minimum Gasteiger partial charge on any atom is -0.396 e. The summed E-state index contributed by atoms with van der Waals surface area (Å²) in [7, 11) is 0. The van der Waals surface area contributed by atoms with Crippen LogP contribution in [0.4, 0.5) is 0 Å². The first-order valence-corrected chi connectivity index (χ1v) is 8.00. The Morgan fingerprint density at radius 3 is 2.48 bits per heavy atom. The maximum absolute atomic E-state index is 9.36. The normalized spacial score (nSPS) is 11.4. The van der Waals surface area contributed by atoms with E-state index in [1.165, 1.54) is 5.56 Å². The second kappa shape index (κ2) is 8.17. The highest BCUT2D eigenvalue weighted by Crippen LogP contribution is 2.30. The molecule has 0 saturated carbocycles. The number of hydrogen-bond donors (Lipinski definition) is 2. The van der Waals surface area contributed by atoms with Gasteiger partial charge in [-0.3, -0.25) is 0 Å². The number of nitrogens with one attached hydrogen (secondary N) is 1. The Balaban J connectivity index is 0.000000924. The largest absolute Gasteiger partial charge is 0.396 e. The summed E-state index contributed by atoms with van der Waals surface area (Å²) in [4.78, 5) is 3.14. The van der Waals surface area contributed by atoms with Gasteiger partial charge in [0.15, 0.2) is 0 Å². The van der Waals surface area contributed by atoms with E-state index in [0.717, 1.165) is 16.5 Å². The zero-order valence-corrected chi connectivity index (χ0v) is 13.6. The second-order valence-corrected chi connectivity index (χ2v) is 5.09. The Kier molecular flexibility index (Phi) is 5.96. The fourth-order valence-corrected chi connectivity index (χ4v) is 2.79. The zero-order valence-electron chi connectivity index (χ0n) is 13.6. The summed E-state index contributed by atoms with van der Waals surface area (Å²) in [5, 5.41) is 19.4. The molecule has 0 aliphatic heterocycles. The van der Waals surface area contributed by atoms with Gasteiger partial charge in [-0.15, -0.1) is 0 Å². The van der Waals surface area contributed by atoms with Crippen molar-refractivity contribution in [2.24, 2.45) is 0 Å². The van der Waals surface area contributed by atoms with Crippen molar-refractivity contribution in [3.05, 3.63) is 71.4 Å². The van der Waals surface area contributed by atoms with E-state index in [4.69, 9.17) is 5.26 Å². The topological polar surface area (TPSA) is 59.8 Å². The lowest BCUT2D eigenvalue weighted by molar-refractivity contribution is 0.281. The van der Waals surface area contributed by atoms with Gasteiger partial charge < -0.3 is 10.1 Å². The molecule has 0 radical (unpaired) electrons. The lowest BCUT2D eigenvalue weighted by Gasteiger charge is -2.17. The van der Waals surface area contributed by atoms with Crippen molar-refractivity contribution in [1.82, 2.24) is 4.98 Å². The zero-order chi connectivity index (χ0) is 16.7. The van der Waals surface area contributed by atoms with Crippen LogP contribution < -0.4 is 0 Å². The minimum absolute atomic E-state index is 0.145. The number of fused-ring (bicyclic) bond motifs is 1. The number of benzene rings is 2. The molecular formula is C20H22N2O. The van der Waals surface area contributed by atoms with Gasteiger partial charge in [-0.2, -0.15) is 5.26 Å². The van der Waals surface area contributed by atoms with Gasteiger partial charge in [-0.25, -0.2) is 0 Å². The molecule has 3 aromatic rings. The number of rotatable bonds is 4. The van der Waals surface area contributed by atoms with Gasteiger partial charge in [-0.05, 0) is 23.6 Å². The summed E-state index contributed by atoms with van der Waals surface area (Å²) in [6.07, 6.45) is 2.42. The first kappa shape index (κ1) is 16.8. The van der Waals surface area contributed by atoms with Gasteiger partial charge in [-0.1, -0.05) is 56.3 Å². The van der Waals surface area contributed by atoms with Gasteiger partial charge in [0.2, 0.25) is 0 Å². The fraction of sp³-hybridized carbons (Fsp3) is 0.250. The van der Waals surface area contributed by atoms with E-state index in [1.807, 2.05) is 44.2 Å². The summed E-state index contributed by atoms with van der Waals surface area (Å²) in [6, 6.07) is 18.5. The highest BCUT2D eigenvalue weighted by Gasteiger charge is 2.15. The van der Waals surface area contributed by atoms with E-state index in [1.54, 1.807) is 6.20 Å². The summed E-state index contributed by atoms with van der Waals surface area (Å²) >= 11 is 0. The second-order valence-electron chi connectivity index (χ2n) is 5.09. The van der Waals surface area contributed by atoms with E-state index in [0.29, 0.717) is 12.0 Å². The molecular weight excluding hydrogens is 284 g/mol. The molecule has 3 rings (SSSR count). The number of H-pyrrole nitrogens is 1. The average molecular weight is 306 g/mol. The minimum atomic E-state index is 0.145. The Morgan fingerprint density at radius 1 is 1.09 bits per heavy atom. The molecule has 2 aromatic carbocycles. The van der Waals surface area contributed by atoms with Crippen molar-refractivity contribution in [2.75, 3.05) is 6.61 Å². The number of aromatic amines is 1. The van der Waals surface area contributed by atoms with Crippen LogP contribution in [0.2, 0.25) is 0 Å². The van der Waals surface area contributed by atoms with Crippen molar-refractivity contribution in [3.8, 4) is 6.07 Å². The first-order valence-electron chi connectivity index (χ1n) is 8.00. The monoisotopic (exact) mass is 306 g/mol. The van der Waals surface area contributed by atoms with E-state index < -0.39 is 0 Å². The molecule has 118 valence electrons. The summed E-state index contributed by atoms with van der Waals surface area (Å²) in [6.45, 7) is 4.14. The van der Waals surface area contributed by atoms with Gasteiger partial charge >= 0.3 is 0 Å². The number of hydrogen-bond acceptors (Lipinski definition) is 2. The average Bonchev–Trinajstić information content (AvgIpc) is 3.04. The highest BCUT2D eigenvalue weighted by molar-refractivity contribution is 5.86. The number of aliphatic hydroxyl groups is 1. The third-order valence-corrected chi connectivity index (χ3v) is 3.85. The number of nitrogens with zero attached hydrogens (tertiary/aromatic N) is 1. The van der Waals surface area contributed by atoms with Crippen molar-refractivity contribution >= 4 is 10.9 Å². The van der Waals surface area contributed by atoms with Crippen LogP contribution in [0.25, 0.3) is 10.9 Å². The lowest BCUT2D eigenvalue weighted by atomic mass is 9.88. The molecule has 23 heavy (non-hydrogen) atoms. The van der Waals surface area contributed by atoms with Crippen molar-refractivity contribution in [2.45, 2.75) is 26.2 Å². The highest BCUT2D eigenvalue weighted by atomic mass is 16.3. The van der Waals surface area contributed by atoms with Gasteiger partial charge in [0, 0.05) is 29.6 Å². The third kappa shape index (κ3) is 3.61. The molecule has 0 amide bonds.